The summed E-state index contributed by atoms with van der Waals surface area (Å²) in [6.45, 7) is 3.81. The van der Waals surface area contributed by atoms with Crippen LogP contribution in [0.2, 0.25) is 0 Å². The van der Waals surface area contributed by atoms with Gasteiger partial charge < -0.3 is 23.8 Å². The van der Waals surface area contributed by atoms with Crippen LogP contribution in [0.15, 0.2) is 0 Å². The minimum Gasteiger partial charge on any atom is -0.373 e. The highest BCUT2D eigenvalue weighted by Crippen LogP contribution is 2.61. The molecular formula is C20H33NO4. The van der Waals surface area contributed by atoms with E-state index >= 15 is 0 Å². The Kier molecular flexibility index (Phi) is 4.18. The van der Waals surface area contributed by atoms with Gasteiger partial charge in [0, 0.05) is 5.54 Å². The molecule has 5 aliphatic rings. The molecule has 4 heterocycles. The van der Waals surface area contributed by atoms with Crippen molar-refractivity contribution in [3.05, 3.63) is 0 Å². The van der Waals surface area contributed by atoms with Gasteiger partial charge in [0.2, 0.25) is 0 Å². The van der Waals surface area contributed by atoms with Crippen molar-refractivity contribution in [3.63, 3.8) is 0 Å². The lowest BCUT2D eigenvalue weighted by Gasteiger charge is -2.61. The van der Waals surface area contributed by atoms with Crippen LogP contribution < -0.4 is 0 Å². The second kappa shape index (κ2) is 6.16. The summed E-state index contributed by atoms with van der Waals surface area (Å²) < 4.78 is 23.0. The standard InChI is InChI=1S/C20H33NO4/c1-21(2)20(9-18-13-25-18)5-3-4-14(6-15-10-22-15)19(20,7-16-11-23-16)8-17-12-24-17/h14-18H,3-13H2,1-2H3. The van der Waals surface area contributed by atoms with Crippen LogP contribution in [0.5, 0.6) is 0 Å². The minimum atomic E-state index is 0.198. The van der Waals surface area contributed by atoms with E-state index in [1.54, 1.807) is 0 Å². The molecule has 5 nitrogen and oxygen atoms in total. The fraction of sp³-hybridized carbons (Fsp3) is 1.00. The summed E-state index contributed by atoms with van der Waals surface area (Å²) in [4.78, 5) is 2.55. The highest BCUT2D eigenvalue weighted by atomic mass is 16.6. The van der Waals surface area contributed by atoms with E-state index in [2.05, 4.69) is 19.0 Å². The Morgan fingerprint density at radius 2 is 1.32 bits per heavy atom. The summed E-state index contributed by atoms with van der Waals surface area (Å²) in [6, 6.07) is 0. The van der Waals surface area contributed by atoms with Gasteiger partial charge in [-0.25, -0.2) is 0 Å². The molecule has 0 aromatic carbocycles. The molecule has 0 aromatic rings. The molecule has 142 valence electrons. The Balaban J connectivity index is 1.53. The monoisotopic (exact) mass is 351 g/mol. The molecule has 1 saturated carbocycles. The summed E-state index contributed by atoms with van der Waals surface area (Å²) >= 11 is 0. The van der Waals surface area contributed by atoms with Crippen LogP contribution in [0.25, 0.3) is 0 Å². The number of rotatable bonds is 9. The second-order valence-corrected chi connectivity index (χ2v) is 9.34. The summed E-state index contributed by atoms with van der Waals surface area (Å²) in [5.74, 6) is 0.711. The molecule has 0 aromatic heterocycles. The zero-order valence-electron chi connectivity index (χ0n) is 15.7. The van der Waals surface area contributed by atoms with E-state index in [0.717, 1.165) is 26.4 Å². The van der Waals surface area contributed by atoms with Crippen molar-refractivity contribution in [3.8, 4) is 0 Å². The zero-order chi connectivity index (χ0) is 17.1. The van der Waals surface area contributed by atoms with Gasteiger partial charge in [0.1, 0.15) is 0 Å². The van der Waals surface area contributed by atoms with Crippen molar-refractivity contribution >= 4 is 0 Å². The Morgan fingerprint density at radius 3 is 1.80 bits per heavy atom. The maximum atomic E-state index is 5.78. The van der Waals surface area contributed by atoms with E-state index in [9.17, 15) is 0 Å². The largest absolute Gasteiger partial charge is 0.373 e. The van der Waals surface area contributed by atoms with Crippen LogP contribution >= 0.6 is 0 Å². The zero-order valence-corrected chi connectivity index (χ0v) is 15.7. The van der Waals surface area contributed by atoms with E-state index in [1.807, 2.05) is 0 Å². The molecule has 4 aliphatic heterocycles. The molecule has 25 heavy (non-hydrogen) atoms. The van der Waals surface area contributed by atoms with Crippen LogP contribution in [0.1, 0.15) is 44.9 Å². The smallest absolute Gasteiger partial charge is 0.0827 e. The van der Waals surface area contributed by atoms with Gasteiger partial charge in [-0.15, -0.1) is 0 Å². The van der Waals surface area contributed by atoms with E-state index in [4.69, 9.17) is 18.9 Å². The molecule has 0 amide bonds. The van der Waals surface area contributed by atoms with Crippen LogP contribution in [0, 0.1) is 11.3 Å². The van der Waals surface area contributed by atoms with E-state index < -0.39 is 0 Å². The number of hydrogen-bond donors (Lipinski definition) is 0. The van der Waals surface area contributed by atoms with Crippen molar-refractivity contribution in [2.75, 3.05) is 40.5 Å². The first-order chi connectivity index (χ1) is 12.1. The Bertz CT molecular complexity index is 482. The number of nitrogens with zero attached hydrogens (tertiary/aromatic N) is 1. The first kappa shape index (κ1) is 16.9. The van der Waals surface area contributed by atoms with Gasteiger partial charge in [-0.05, 0) is 64.0 Å². The molecule has 4 saturated heterocycles. The molecule has 5 heteroatoms. The number of epoxide rings is 4. The summed E-state index contributed by atoms with van der Waals surface area (Å²) in [6.07, 6.45) is 10.6. The molecule has 0 spiro atoms. The first-order valence-electron chi connectivity index (χ1n) is 10.3. The third kappa shape index (κ3) is 3.27. The van der Waals surface area contributed by atoms with Crippen LogP contribution in [0.4, 0.5) is 0 Å². The molecule has 0 bridgehead atoms. The van der Waals surface area contributed by atoms with Crippen molar-refractivity contribution < 1.29 is 18.9 Å². The second-order valence-electron chi connectivity index (χ2n) is 9.34. The minimum absolute atomic E-state index is 0.198. The molecule has 1 aliphatic carbocycles. The number of hydrogen-bond acceptors (Lipinski definition) is 5. The SMILES string of the molecule is CN(C)C1(CC2CO2)CCCC(CC2CO2)C1(CC1CO1)CC1CO1. The van der Waals surface area contributed by atoms with Crippen LogP contribution in [-0.4, -0.2) is 75.4 Å². The Labute approximate surface area is 151 Å². The predicted molar refractivity (Wildman–Crippen MR) is 93.6 cm³/mol. The highest BCUT2D eigenvalue weighted by molar-refractivity contribution is 5.15. The van der Waals surface area contributed by atoms with Gasteiger partial charge in [0.05, 0.1) is 50.8 Å². The van der Waals surface area contributed by atoms with Crippen LogP contribution in [-0.2, 0) is 18.9 Å². The van der Waals surface area contributed by atoms with Gasteiger partial charge >= 0.3 is 0 Å². The van der Waals surface area contributed by atoms with E-state index in [0.29, 0.717) is 30.3 Å². The molecule has 6 atom stereocenters. The molecule has 5 rings (SSSR count). The Hall–Kier alpha value is -0.200. The first-order valence-corrected chi connectivity index (χ1v) is 10.3. The lowest BCUT2D eigenvalue weighted by molar-refractivity contribution is -0.114. The van der Waals surface area contributed by atoms with Gasteiger partial charge in [-0.1, -0.05) is 6.42 Å². The summed E-state index contributed by atoms with van der Waals surface area (Å²) in [5, 5.41) is 0. The topological polar surface area (TPSA) is 53.4 Å². The molecule has 5 fully saturated rings. The predicted octanol–water partition coefficient (Wildman–Crippen LogP) is 2.23. The van der Waals surface area contributed by atoms with E-state index in [-0.39, 0.29) is 11.0 Å². The van der Waals surface area contributed by atoms with Crippen molar-refractivity contribution in [2.24, 2.45) is 11.3 Å². The highest BCUT2D eigenvalue weighted by Gasteiger charge is 2.63. The van der Waals surface area contributed by atoms with Gasteiger partial charge in [-0.3, -0.25) is 0 Å². The molecule has 0 N–H and O–H groups in total. The third-order valence-electron chi connectivity index (χ3n) is 7.61. The lowest BCUT2D eigenvalue weighted by Crippen LogP contribution is -2.64. The molecule has 6 unspecified atom stereocenters. The number of ether oxygens (including phenoxy) is 4. The van der Waals surface area contributed by atoms with Crippen molar-refractivity contribution in [1.82, 2.24) is 4.90 Å². The fourth-order valence-corrected chi connectivity index (χ4v) is 6.11. The van der Waals surface area contributed by atoms with Gasteiger partial charge in [-0.2, -0.15) is 0 Å². The Morgan fingerprint density at radius 1 is 0.800 bits per heavy atom. The fourth-order valence-electron chi connectivity index (χ4n) is 6.11. The average molecular weight is 351 g/mol. The quantitative estimate of drug-likeness (QED) is 0.596. The maximum absolute atomic E-state index is 5.78. The summed E-state index contributed by atoms with van der Waals surface area (Å²) in [5.41, 5.74) is 0.457. The van der Waals surface area contributed by atoms with E-state index in [1.165, 1.54) is 44.9 Å². The van der Waals surface area contributed by atoms with Crippen molar-refractivity contribution in [1.29, 1.82) is 0 Å². The normalized spacial score (nSPS) is 50.8. The molecular weight excluding hydrogens is 318 g/mol. The maximum Gasteiger partial charge on any atom is 0.0827 e. The lowest BCUT2D eigenvalue weighted by atomic mass is 9.49. The van der Waals surface area contributed by atoms with Crippen molar-refractivity contribution in [2.45, 2.75) is 74.9 Å². The summed E-state index contributed by atoms with van der Waals surface area (Å²) in [7, 11) is 4.60. The third-order valence-corrected chi connectivity index (χ3v) is 7.61. The van der Waals surface area contributed by atoms with Gasteiger partial charge in [0.25, 0.3) is 0 Å². The van der Waals surface area contributed by atoms with Gasteiger partial charge in [0.15, 0.2) is 0 Å². The van der Waals surface area contributed by atoms with Crippen LogP contribution in [0.3, 0.4) is 0 Å². The average Bonchev–Trinajstić information content (AvgIpc) is 3.42. The molecule has 0 radical (unpaired) electrons.